The lowest BCUT2D eigenvalue weighted by Crippen LogP contribution is -2.52. The minimum Gasteiger partial charge on any atom is -0.402 e. The zero-order chi connectivity index (χ0) is 28.4. The quantitative estimate of drug-likeness (QED) is 0.251. The molecule has 0 aromatic rings. The minimum absolute atomic E-state index is 0.0798. The summed E-state index contributed by atoms with van der Waals surface area (Å²) < 4.78 is 12.7. The van der Waals surface area contributed by atoms with Gasteiger partial charge in [-0.25, -0.2) is 0 Å². The van der Waals surface area contributed by atoms with E-state index in [-0.39, 0.29) is 30.3 Å². The van der Waals surface area contributed by atoms with E-state index in [4.69, 9.17) is 20.9 Å². The lowest BCUT2D eigenvalue weighted by Gasteiger charge is -2.59. The number of nitrogens with two attached hydrogens (primary N) is 2. The Morgan fingerprint density at radius 2 is 1.80 bits per heavy atom. The molecule has 4 heteroatoms. The van der Waals surface area contributed by atoms with Gasteiger partial charge in [-0.05, 0) is 124 Å². The fourth-order valence-corrected chi connectivity index (χ4v) is 10.5. The second kappa shape index (κ2) is 10.6. The fourth-order valence-electron chi connectivity index (χ4n) is 10.5. The van der Waals surface area contributed by atoms with Crippen molar-refractivity contribution in [2.24, 2.45) is 69.6 Å². The van der Waals surface area contributed by atoms with Crippen molar-refractivity contribution < 1.29 is 9.47 Å². The molecular formula is C36H56N2O2. The van der Waals surface area contributed by atoms with Crippen LogP contribution in [0.1, 0.15) is 99.3 Å². The Morgan fingerprint density at radius 3 is 2.58 bits per heavy atom. The molecule has 3 saturated carbocycles. The molecule has 0 spiro atoms. The Bertz CT molecular complexity index is 1090. The van der Waals surface area contributed by atoms with Crippen LogP contribution in [0.15, 0.2) is 47.3 Å². The molecule has 0 radical (unpaired) electrons. The van der Waals surface area contributed by atoms with E-state index in [9.17, 15) is 0 Å². The smallest absolute Gasteiger partial charge is 0.185 e. The molecule has 1 saturated heterocycles. The predicted octanol–water partition coefficient (Wildman–Crippen LogP) is 7.87. The average molecular weight is 549 g/mol. The van der Waals surface area contributed by atoms with Gasteiger partial charge in [-0.2, -0.15) is 0 Å². The summed E-state index contributed by atoms with van der Waals surface area (Å²) >= 11 is 0. The van der Waals surface area contributed by atoms with Crippen molar-refractivity contribution in [3.05, 3.63) is 47.3 Å². The molecule has 4 nitrogen and oxygen atoms in total. The van der Waals surface area contributed by atoms with Crippen LogP contribution in [0, 0.1) is 58.2 Å². The summed E-state index contributed by atoms with van der Waals surface area (Å²) in [6.07, 6.45) is 23.9. The standard InChI is InChI=1S/C36H56N2O2/c1-21(2)8-7-9-22(3)29-12-13-30-27-11-10-24-18-26(14-16-35(24,5)31(27)15-17-36(29,30)6)39-34-33(40-34)28-19-25(37)20-32(38)23(28)4/h8,10-11,19-20,22-24,26-31,33-34H,7,9,12-18,37-38H2,1-6H3. The van der Waals surface area contributed by atoms with Gasteiger partial charge in [0.2, 0.25) is 0 Å². The Morgan fingerprint density at radius 1 is 1.05 bits per heavy atom. The number of fused-ring (bicyclic) bond motifs is 5. The van der Waals surface area contributed by atoms with Gasteiger partial charge >= 0.3 is 0 Å². The first-order valence-electron chi connectivity index (χ1n) is 16.6. The van der Waals surface area contributed by atoms with Crippen LogP contribution in [0.2, 0.25) is 0 Å². The molecule has 4 N–H and O–H groups in total. The Hall–Kier alpha value is -1.52. The zero-order valence-electron chi connectivity index (χ0n) is 26.1. The molecule has 1 aliphatic heterocycles. The van der Waals surface area contributed by atoms with Gasteiger partial charge in [0.15, 0.2) is 6.29 Å². The predicted molar refractivity (Wildman–Crippen MR) is 164 cm³/mol. The number of hydrogen-bond acceptors (Lipinski definition) is 4. The van der Waals surface area contributed by atoms with E-state index in [0.29, 0.717) is 16.7 Å². The van der Waals surface area contributed by atoms with Gasteiger partial charge in [0.05, 0.1) is 6.10 Å². The first-order valence-corrected chi connectivity index (χ1v) is 16.6. The molecule has 6 rings (SSSR count). The van der Waals surface area contributed by atoms with Gasteiger partial charge in [-0.3, -0.25) is 0 Å². The Kier molecular flexibility index (Phi) is 7.60. The molecule has 1 heterocycles. The maximum atomic E-state index is 6.60. The number of ether oxygens (including phenoxy) is 2. The van der Waals surface area contributed by atoms with Gasteiger partial charge in [0.1, 0.15) is 6.10 Å². The number of allylic oxidation sites excluding steroid dienone is 6. The highest BCUT2D eigenvalue weighted by Crippen LogP contribution is 2.67. The first-order chi connectivity index (χ1) is 19.0. The molecule has 0 bridgehead atoms. The van der Waals surface area contributed by atoms with Crippen LogP contribution in [0.4, 0.5) is 0 Å². The molecule has 0 aromatic heterocycles. The number of rotatable bonds is 7. The molecule has 40 heavy (non-hydrogen) atoms. The normalized spacial score (nSPS) is 48.2. The van der Waals surface area contributed by atoms with Crippen LogP contribution in [-0.4, -0.2) is 18.5 Å². The van der Waals surface area contributed by atoms with Gasteiger partial charge < -0.3 is 20.9 Å². The van der Waals surface area contributed by atoms with Crippen molar-refractivity contribution in [1.82, 2.24) is 0 Å². The summed E-state index contributed by atoms with van der Waals surface area (Å²) in [7, 11) is 0. The van der Waals surface area contributed by atoms with Gasteiger partial charge in [-0.15, -0.1) is 0 Å². The highest BCUT2D eigenvalue weighted by molar-refractivity contribution is 5.29. The minimum atomic E-state index is -0.110. The molecule has 5 aliphatic carbocycles. The second-order valence-corrected chi connectivity index (χ2v) is 15.5. The maximum Gasteiger partial charge on any atom is 0.185 e. The SMILES string of the molecule is CC(C)=CCCC(C)C1CCC2C3C=CC4CC(OC5OC5C5C=C(N)C=C(N)C5C)CCC4(C)C3CCC12C. The lowest BCUT2D eigenvalue weighted by atomic mass is 9.46. The van der Waals surface area contributed by atoms with Gasteiger partial charge in [0, 0.05) is 23.2 Å². The van der Waals surface area contributed by atoms with E-state index in [2.05, 4.69) is 65.8 Å². The molecular weight excluding hydrogens is 492 g/mol. The summed E-state index contributed by atoms with van der Waals surface area (Å²) in [5.41, 5.74) is 16.3. The summed E-state index contributed by atoms with van der Waals surface area (Å²) in [4.78, 5) is 0. The van der Waals surface area contributed by atoms with E-state index < -0.39 is 0 Å². The molecule has 4 fully saturated rings. The summed E-state index contributed by atoms with van der Waals surface area (Å²) in [5.74, 6) is 5.26. The highest BCUT2D eigenvalue weighted by atomic mass is 16.8. The largest absolute Gasteiger partial charge is 0.402 e. The van der Waals surface area contributed by atoms with E-state index in [1.807, 2.05) is 6.08 Å². The molecule has 13 atom stereocenters. The summed E-state index contributed by atoms with van der Waals surface area (Å²) in [6.45, 7) is 14.5. The van der Waals surface area contributed by atoms with E-state index in [1.54, 1.807) is 0 Å². The van der Waals surface area contributed by atoms with Crippen LogP contribution >= 0.6 is 0 Å². The average Bonchev–Trinajstić information content (AvgIpc) is 3.56. The van der Waals surface area contributed by atoms with Crippen LogP contribution < -0.4 is 11.5 Å². The van der Waals surface area contributed by atoms with Crippen molar-refractivity contribution >= 4 is 0 Å². The molecule has 222 valence electrons. The highest BCUT2D eigenvalue weighted by Gasteiger charge is 2.60. The summed E-state index contributed by atoms with van der Waals surface area (Å²) in [5, 5.41) is 0. The third kappa shape index (κ3) is 4.93. The van der Waals surface area contributed by atoms with E-state index in [1.165, 1.54) is 50.5 Å². The number of epoxide rings is 1. The maximum absolute atomic E-state index is 6.60. The topological polar surface area (TPSA) is 73.8 Å². The first kappa shape index (κ1) is 28.6. The van der Waals surface area contributed by atoms with Crippen LogP contribution in [0.5, 0.6) is 0 Å². The second-order valence-electron chi connectivity index (χ2n) is 15.5. The van der Waals surface area contributed by atoms with E-state index in [0.717, 1.165) is 53.8 Å². The van der Waals surface area contributed by atoms with Gasteiger partial charge in [-0.1, -0.05) is 57.6 Å². The monoisotopic (exact) mass is 548 g/mol. The van der Waals surface area contributed by atoms with Crippen molar-refractivity contribution in [1.29, 1.82) is 0 Å². The Balaban J connectivity index is 1.08. The Labute approximate surface area is 244 Å². The summed E-state index contributed by atoms with van der Waals surface area (Å²) in [6, 6.07) is 0. The molecule has 13 unspecified atom stereocenters. The molecule has 0 aromatic carbocycles. The van der Waals surface area contributed by atoms with Crippen LogP contribution in [-0.2, 0) is 9.47 Å². The van der Waals surface area contributed by atoms with Crippen molar-refractivity contribution in [3.63, 3.8) is 0 Å². The zero-order valence-corrected chi connectivity index (χ0v) is 26.1. The van der Waals surface area contributed by atoms with Crippen molar-refractivity contribution in [2.75, 3.05) is 0 Å². The third-order valence-electron chi connectivity index (χ3n) is 13.1. The third-order valence-corrected chi connectivity index (χ3v) is 13.1. The lowest BCUT2D eigenvalue weighted by molar-refractivity contribution is -0.105. The van der Waals surface area contributed by atoms with E-state index >= 15 is 0 Å². The van der Waals surface area contributed by atoms with Gasteiger partial charge in [0.25, 0.3) is 0 Å². The van der Waals surface area contributed by atoms with Crippen molar-refractivity contribution in [2.45, 2.75) is 118 Å². The van der Waals surface area contributed by atoms with Crippen molar-refractivity contribution in [3.8, 4) is 0 Å². The van der Waals surface area contributed by atoms with Crippen LogP contribution in [0.25, 0.3) is 0 Å². The molecule has 6 aliphatic rings. The fraction of sp³-hybridized carbons (Fsp3) is 0.778. The van der Waals surface area contributed by atoms with Crippen LogP contribution in [0.3, 0.4) is 0 Å². The molecule has 0 amide bonds. The number of hydrogen-bond donors (Lipinski definition) is 2.